The lowest BCUT2D eigenvalue weighted by molar-refractivity contribution is -0.142. The lowest BCUT2D eigenvalue weighted by atomic mass is 9.99. The Morgan fingerprint density at radius 1 is 1.31 bits per heavy atom. The summed E-state index contributed by atoms with van der Waals surface area (Å²) in [7, 11) is 1.80. The SMILES string of the molecule is CC1CN(C(=O)N(C)C2CC2)CC1C(=O)O. The summed E-state index contributed by atoms with van der Waals surface area (Å²) < 4.78 is 0. The molecule has 1 N–H and O–H groups in total. The summed E-state index contributed by atoms with van der Waals surface area (Å²) >= 11 is 0. The molecular weight excluding hydrogens is 208 g/mol. The molecule has 90 valence electrons. The Bertz CT molecular complexity index is 314. The number of nitrogens with zero attached hydrogens (tertiary/aromatic N) is 2. The predicted octanol–water partition coefficient (Wildman–Crippen LogP) is 0.853. The summed E-state index contributed by atoms with van der Waals surface area (Å²) in [5.74, 6) is -1.15. The third-order valence-corrected chi connectivity index (χ3v) is 3.60. The maximum Gasteiger partial charge on any atom is 0.320 e. The molecule has 2 fully saturated rings. The molecule has 5 heteroatoms. The fraction of sp³-hybridized carbons (Fsp3) is 0.818. The van der Waals surface area contributed by atoms with Gasteiger partial charge in [0.1, 0.15) is 0 Å². The maximum absolute atomic E-state index is 12.0. The zero-order chi connectivity index (χ0) is 11.9. The third-order valence-electron chi connectivity index (χ3n) is 3.60. The third kappa shape index (κ3) is 1.99. The second kappa shape index (κ2) is 3.96. The van der Waals surface area contributed by atoms with Crippen LogP contribution in [0.4, 0.5) is 4.79 Å². The lowest BCUT2D eigenvalue weighted by Gasteiger charge is -2.24. The van der Waals surface area contributed by atoms with Gasteiger partial charge in [0, 0.05) is 26.2 Å². The van der Waals surface area contributed by atoms with Gasteiger partial charge in [0.05, 0.1) is 5.92 Å². The Kier molecular flexibility index (Phi) is 2.78. The smallest absolute Gasteiger partial charge is 0.320 e. The summed E-state index contributed by atoms with van der Waals surface area (Å²) in [6.45, 7) is 2.81. The van der Waals surface area contributed by atoms with Gasteiger partial charge in [-0.25, -0.2) is 4.79 Å². The van der Waals surface area contributed by atoms with Crippen LogP contribution in [-0.2, 0) is 4.79 Å². The van der Waals surface area contributed by atoms with E-state index >= 15 is 0 Å². The zero-order valence-electron chi connectivity index (χ0n) is 9.72. The number of likely N-dealkylation sites (tertiary alicyclic amines) is 1. The van der Waals surface area contributed by atoms with Crippen molar-refractivity contribution in [2.75, 3.05) is 20.1 Å². The number of carbonyl (C=O) groups is 2. The molecule has 0 radical (unpaired) electrons. The minimum atomic E-state index is -0.795. The molecule has 1 saturated carbocycles. The summed E-state index contributed by atoms with van der Waals surface area (Å²) in [5.41, 5.74) is 0. The summed E-state index contributed by atoms with van der Waals surface area (Å²) in [6, 6.07) is 0.366. The summed E-state index contributed by atoms with van der Waals surface area (Å²) in [6.07, 6.45) is 2.15. The van der Waals surface area contributed by atoms with Gasteiger partial charge in [-0.15, -0.1) is 0 Å². The molecular formula is C11H18N2O3. The number of hydrogen-bond donors (Lipinski definition) is 1. The molecule has 1 saturated heterocycles. The highest BCUT2D eigenvalue weighted by molar-refractivity contribution is 5.78. The average Bonchev–Trinajstić information content (AvgIpc) is 2.99. The van der Waals surface area contributed by atoms with E-state index in [1.165, 1.54) is 0 Å². The largest absolute Gasteiger partial charge is 0.481 e. The minimum absolute atomic E-state index is 0.0156. The fourth-order valence-electron chi connectivity index (χ4n) is 2.29. The van der Waals surface area contributed by atoms with Gasteiger partial charge in [0.25, 0.3) is 0 Å². The first-order valence-electron chi connectivity index (χ1n) is 5.75. The van der Waals surface area contributed by atoms with E-state index in [2.05, 4.69) is 0 Å². The first kappa shape index (κ1) is 11.2. The van der Waals surface area contributed by atoms with Crippen LogP contribution in [0.3, 0.4) is 0 Å². The van der Waals surface area contributed by atoms with Crippen molar-refractivity contribution in [3.8, 4) is 0 Å². The van der Waals surface area contributed by atoms with Gasteiger partial charge in [-0.05, 0) is 18.8 Å². The van der Waals surface area contributed by atoms with Crippen molar-refractivity contribution in [1.29, 1.82) is 0 Å². The first-order valence-corrected chi connectivity index (χ1v) is 5.75. The second-order valence-corrected chi connectivity index (χ2v) is 4.95. The van der Waals surface area contributed by atoms with Crippen LogP contribution in [0, 0.1) is 11.8 Å². The summed E-state index contributed by atoms with van der Waals surface area (Å²) in [5, 5.41) is 8.99. The summed E-state index contributed by atoms with van der Waals surface area (Å²) in [4.78, 5) is 26.4. The highest BCUT2D eigenvalue weighted by Crippen LogP contribution is 2.29. The van der Waals surface area contributed by atoms with E-state index in [0.717, 1.165) is 12.8 Å². The lowest BCUT2D eigenvalue weighted by Crippen LogP contribution is -2.41. The molecule has 0 spiro atoms. The van der Waals surface area contributed by atoms with Gasteiger partial charge in [-0.2, -0.15) is 0 Å². The van der Waals surface area contributed by atoms with E-state index in [1.54, 1.807) is 16.8 Å². The number of rotatable bonds is 2. The predicted molar refractivity (Wildman–Crippen MR) is 58.0 cm³/mol. The number of carboxylic acids is 1. The quantitative estimate of drug-likeness (QED) is 0.759. The van der Waals surface area contributed by atoms with Crippen LogP contribution in [0.2, 0.25) is 0 Å². The van der Waals surface area contributed by atoms with Crippen molar-refractivity contribution in [1.82, 2.24) is 9.80 Å². The molecule has 0 bridgehead atoms. The van der Waals surface area contributed by atoms with E-state index in [4.69, 9.17) is 5.11 Å². The van der Waals surface area contributed by atoms with Crippen LogP contribution in [0.25, 0.3) is 0 Å². The van der Waals surface area contributed by atoms with Crippen molar-refractivity contribution in [3.63, 3.8) is 0 Å². The van der Waals surface area contributed by atoms with E-state index in [9.17, 15) is 9.59 Å². The molecule has 1 aliphatic carbocycles. The first-order chi connectivity index (χ1) is 7.50. The molecule has 2 atom stereocenters. The molecule has 0 aromatic heterocycles. The number of hydrogen-bond acceptors (Lipinski definition) is 2. The van der Waals surface area contributed by atoms with Gasteiger partial charge in [-0.3, -0.25) is 4.79 Å². The number of urea groups is 1. The van der Waals surface area contributed by atoms with Crippen LogP contribution in [0.5, 0.6) is 0 Å². The van der Waals surface area contributed by atoms with Crippen molar-refractivity contribution in [3.05, 3.63) is 0 Å². The second-order valence-electron chi connectivity index (χ2n) is 4.95. The van der Waals surface area contributed by atoms with Crippen LogP contribution in [0.1, 0.15) is 19.8 Å². The van der Waals surface area contributed by atoms with Gasteiger partial charge >= 0.3 is 12.0 Å². The molecule has 16 heavy (non-hydrogen) atoms. The molecule has 1 aliphatic heterocycles. The Balaban J connectivity index is 1.96. The molecule has 2 amide bonds. The van der Waals surface area contributed by atoms with Crippen molar-refractivity contribution >= 4 is 12.0 Å². The Morgan fingerprint density at radius 3 is 2.38 bits per heavy atom. The van der Waals surface area contributed by atoms with Crippen molar-refractivity contribution in [2.24, 2.45) is 11.8 Å². The number of carbonyl (C=O) groups excluding carboxylic acids is 1. The molecule has 1 heterocycles. The molecule has 0 aromatic rings. The molecule has 2 rings (SSSR count). The van der Waals surface area contributed by atoms with E-state index in [1.807, 2.05) is 6.92 Å². The zero-order valence-corrected chi connectivity index (χ0v) is 9.72. The van der Waals surface area contributed by atoms with E-state index < -0.39 is 11.9 Å². The normalized spacial score (nSPS) is 29.2. The van der Waals surface area contributed by atoms with Gasteiger partial charge in [0.15, 0.2) is 0 Å². The van der Waals surface area contributed by atoms with Crippen LogP contribution in [-0.4, -0.2) is 53.1 Å². The number of aliphatic carboxylic acids is 1. The highest BCUT2D eigenvalue weighted by atomic mass is 16.4. The number of carboxylic acid groups (broad SMARTS) is 1. The van der Waals surface area contributed by atoms with Crippen molar-refractivity contribution < 1.29 is 14.7 Å². The molecule has 0 aromatic carbocycles. The van der Waals surface area contributed by atoms with Crippen LogP contribution < -0.4 is 0 Å². The molecule has 5 nitrogen and oxygen atoms in total. The standard InChI is InChI=1S/C11H18N2O3/c1-7-5-13(6-9(7)10(14)15)11(16)12(2)8-3-4-8/h7-9H,3-6H2,1-2H3,(H,14,15). The number of amides is 2. The topological polar surface area (TPSA) is 60.9 Å². The highest BCUT2D eigenvalue weighted by Gasteiger charge is 2.40. The Morgan fingerprint density at radius 2 is 1.94 bits per heavy atom. The van der Waals surface area contributed by atoms with E-state index in [-0.39, 0.29) is 11.9 Å². The fourth-order valence-corrected chi connectivity index (χ4v) is 2.29. The monoisotopic (exact) mass is 226 g/mol. The van der Waals surface area contributed by atoms with Crippen LogP contribution >= 0.6 is 0 Å². The molecule has 2 aliphatic rings. The van der Waals surface area contributed by atoms with Crippen molar-refractivity contribution in [2.45, 2.75) is 25.8 Å². The maximum atomic E-state index is 12.0. The molecule has 2 unspecified atom stereocenters. The minimum Gasteiger partial charge on any atom is -0.481 e. The Labute approximate surface area is 95.0 Å². The van der Waals surface area contributed by atoms with E-state index in [0.29, 0.717) is 19.1 Å². The van der Waals surface area contributed by atoms with Gasteiger partial charge in [-0.1, -0.05) is 6.92 Å². The van der Waals surface area contributed by atoms with Crippen LogP contribution in [0.15, 0.2) is 0 Å². The van der Waals surface area contributed by atoms with Gasteiger partial charge < -0.3 is 14.9 Å². The Hall–Kier alpha value is -1.26. The van der Waals surface area contributed by atoms with Gasteiger partial charge in [0.2, 0.25) is 0 Å². The average molecular weight is 226 g/mol.